The Labute approximate surface area is 131 Å². The van der Waals surface area contributed by atoms with Crippen molar-refractivity contribution in [3.63, 3.8) is 0 Å². The fourth-order valence-corrected chi connectivity index (χ4v) is 3.00. The summed E-state index contributed by atoms with van der Waals surface area (Å²) in [5.74, 6) is 0.914. The number of likely N-dealkylation sites (tertiary alicyclic amines) is 1. The van der Waals surface area contributed by atoms with Gasteiger partial charge in [-0.3, -0.25) is 9.59 Å². The molecule has 22 heavy (non-hydrogen) atoms. The van der Waals surface area contributed by atoms with Crippen molar-refractivity contribution in [3.8, 4) is 11.5 Å². The summed E-state index contributed by atoms with van der Waals surface area (Å²) in [5, 5.41) is 0. The Kier molecular flexibility index (Phi) is 5.41. The molecule has 0 aliphatic carbocycles. The molecule has 0 unspecified atom stereocenters. The van der Waals surface area contributed by atoms with Crippen LogP contribution in [0.2, 0.25) is 0 Å². The van der Waals surface area contributed by atoms with Crippen LogP contribution < -0.4 is 9.47 Å². The quantitative estimate of drug-likeness (QED) is 0.785. The van der Waals surface area contributed by atoms with Gasteiger partial charge < -0.3 is 14.4 Å². The molecular weight excluding hydrogens is 282 g/mol. The summed E-state index contributed by atoms with van der Waals surface area (Å²) >= 11 is 0. The van der Waals surface area contributed by atoms with Gasteiger partial charge in [-0.2, -0.15) is 0 Å². The van der Waals surface area contributed by atoms with Crippen molar-refractivity contribution in [2.24, 2.45) is 0 Å². The van der Waals surface area contributed by atoms with Gasteiger partial charge in [0, 0.05) is 17.6 Å². The number of hydrogen-bond donors (Lipinski definition) is 0. The van der Waals surface area contributed by atoms with E-state index in [-0.39, 0.29) is 24.6 Å². The fourth-order valence-electron chi connectivity index (χ4n) is 3.00. The van der Waals surface area contributed by atoms with Crippen molar-refractivity contribution < 1.29 is 19.1 Å². The highest BCUT2D eigenvalue weighted by atomic mass is 16.5. The van der Waals surface area contributed by atoms with Crippen LogP contribution in [0, 0.1) is 0 Å². The number of hydrogen-bond acceptors (Lipinski definition) is 4. The molecule has 1 aromatic rings. The average Bonchev–Trinajstić information content (AvgIpc) is 2.52. The van der Waals surface area contributed by atoms with Crippen molar-refractivity contribution >= 4 is 12.2 Å². The number of ether oxygens (including phenoxy) is 2. The summed E-state index contributed by atoms with van der Waals surface area (Å²) in [5.41, 5.74) is 0.508. The zero-order valence-corrected chi connectivity index (χ0v) is 13.4. The van der Waals surface area contributed by atoms with Crippen molar-refractivity contribution in [1.82, 2.24) is 4.90 Å². The van der Waals surface area contributed by atoms with Gasteiger partial charge in [0.1, 0.15) is 6.29 Å². The maximum atomic E-state index is 12.4. The first kappa shape index (κ1) is 16.3. The van der Waals surface area contributed by atoms with E-state index in [2.05, 4.69) is 13.8 Å². The van der Waals surface area contributed by atoms with Crippen LogP contribution >= 0.6 is 0 Å². The van der Waals surface area contributed by atoms with Crippen molar-refractivity contribution in [2.75, 3.05) is 13.7 Å². The van der Waals surface area contributed by atoms with Crippen LogP contribution in [-0.2, 0) is 4.79 Å². The van der Waals surface area contributed by atoms with E-state index in [4.69, 9.17) is 9.47 Å². The monoisotopic (exact) mass is 305 g/mol. The molecule has 1 saturated heterocycles. The highest BCUT2D eigenvalue weighted by Crippen LogP contribution is 2.28. The number of nitrogens with zero attached hydrogens (tertiary/aromatic N) is 1. The van der Waals surface area contributed by atoms with Gasteiger partial charge in [-0.1, -0.05) is 0 Å². The van der Waals surface area contributed by atoms with Crippen LogP contribution in [-0.4, -0.2) is 42.9 Å². The van der Waals surface area contributed by atoms with Crippen LogP contribution in [0.4, 0.5) is 0 Å². The second-order valence-electron chi connectivity index (χ2n) is 5.75. The number of carbonyl (C=O) groups excluding carboxylic acids is 2. The highest BCUT2D eigenvalue weighted by molar-refractivity contribution is 5.79. The Bertz CT molecular complexity index is 533. The minimum Gasteiger partial charge on any atom is -0.493 e. The smallest absolute Gasteiger partial charge is 0.260 e. The SMILES string of the molecule is COc1cc(C=O)ccc1OCC(=O)N1[C@@H](C)CCC[C@@H]1C. The summed E-state index contributed by atoms with van der Waals surface area (Å²) in [6.07, 6.45) is 3.98. The molecule has 5 nitrogen and oxygen atoms in total. The molecule has 1 fully saturated rings. The molecule has 0 bridgehead atoms. The number of benzene rings is 1. The van der Waals surface area contributed by atoms with E-state index in [1.807, 2.05) is 4.90 Å². The number of amides is 1. The van der Waals surface area contributed by atoms with Crippen LogP contribution in [0.15, 0.2) is 18.2 Å². The molecule has 2 atom stereocenters. The van der Waals surface area contributed by atoms with Crippen molar-refractivity contribution in [1.29, 1.82) is 0 Å². The maximum Gasteiger partial charge on any atom is 0.260 e. The van der Waals surface area contributed by atoms with Crippen LogP contribution in [0.25, 0.3) is 0 Å². The predicted octanol–water partition coefficient (Wildman–Crippen LogP) is 2.68. The van der Waals surface area contributed by atoms with E-state index in [0.29, 0.717) is 17.1 Å². The number of methoxy groups -OCH3 is 1. The molecule has 1 aliphatic rings. The Morgan fingerprint density at radius 1 is 1.27 bits per heavy atom. The topological polar surface area (TPSA) is 55.8 Å². The zero-order chi connectivity index (χ0) is 16.1. The van der Waals surface area contributed by atoms with E-state index in [1.54, 1.807) is 18.2 Å². The lowest BCUT2D eigenvalue weighted by atomic mass is 9.97. The van der Waals surface area contributed by atoms with Gasteiger partial charge in [0.05, 0.1) is 7.11 Å². The molecule has 0 radical (unpaired) electrons. The molecule has 2 rings (SSSR count). The first-order chi connectivity index (χ1) is 10.6. The fraction of sp³-hybridized carbons (Fsp3) is 0.529. The third kappa shape index (κ3) is 3.59. The molecule has 0 spiro atoms. The molecule has 0 aromatic heterocycles. The van der Waals surface area contributed by atoms with E-state index < -0.39 is 0 Å². The van der Waals surface area contributed by atoms with Gasteiger partial charge >= 0.3 is 0 Å². The molecule has 1 amide bonds. The van der Waals surface area contributed by atoms with Gasteiger partial charge in [0.25, 0.3) is 5.91 Å². The van der Waals surface area contributed by atoms with E-state index in [1.165, 1.54) is 7.11 Å². The molecule has 120 valence electrons. The minimum atomic E-state index is -0.0223. The standard InChI is InChI=1S/C17H23NO4/c1-12-5-4-6-13(2)18(12)17(20)11-22-15-8-7-14(10-19)9-16(15)21-3/h7-10,12-13H,4-6,11H2,1-3H3/t12-,13-/m0/s1. The van der Waals surface area contributed by atoms with Crippen LogP contribution in [0.5, 0.6) is 11.5 Å². The van der Waals surface area contributed by atoms with Crippen LogP contribution in [0.1, 0.15) is 43.5 Å². The molecule has 1 heterocycles. The second kappa shape index (κ2) is 7.29. The normalized spacial score (nSPS) is 21.3. The average molecular weight is 305 g/mol. The van der Waals surface area contributed by atoms with Gasteiger partial charge in [0.2, 0.25) is 0 Å². The Morgan fingerprint density at radius 2 is 1.95 bits per heavy atom. The number of piperidine rings is 1. The molecule has 1 aromatic carbocycles. The van der Waals surface area contributed by atoms with Gasteiger partial charge in [-0.05, 0) is 51.3 Å². The van der Waals surface area contributed by atoms with Crippen molar-refractivity contribution in [2.45, 2.75) is 45.2 Å². The number of rotatable bonds is 5. The summed E-state index contributed by atoms with van der Waals surface area (Å²) in [6, 6.07) is 5.39. The third-order valence-electron chi connectivity index (χ3n) is 4.16. The van der Waals surface area contributed by atoms with Gasteiger partial charge in [-0.15, -0.1) is 0 Å². The lowest BCUT2D eigenvalue weighted by Gasteiger charge is -2.39. The van der Waals surface area contributed by atoms with E-state index in [0.717, 1.165) is 25.5 Å². The van der Waals surface area contributed by atoms with E-state index >= 15 is 0 Å². The Balaban J connectivity index is 2.03. The maximum absolute atomic E-state index is 12.4. The van der Waals surface area contributed by atoms with Gasteiger partial charge in [-0.25, -0.2) is 0 Å². The first-order valence-electron chi connectivity index (χ1n) is 7.64. The zero-order valence-electron chi connectivity index (χ0n) is 13.4. The van der Waals surface area contributed by atoms with Gasteiger partial charge in [0.15, 0.2) is 18.1 Å². The summed E-state index contributed by atoms with van der Waals surface area (Å²) in [6.45, 7) is 4.13. The molecule has 0 saturated carbocycles. The summed E-state index contributed by atoms with van der Waals surface area (Å²) < 4.78 is 10.8. The first-order valence-corrected chi connectivity index (χ1v) is 7.64. The largest absolute Gasteiger partial charge is 0.493 e. The Morgan fingerprint density at radius 3 is 2.55 bits per heavy atom. The molecule has 5 heteroatoms. The third-order valence-corrected chi connectivity index (χ3v) is 4.16. The lowest BCUT2D eigenvalue weighted by molar-refractivity contribution is -0.139. The second-order valence-corrected chi connectivity index (χ2v) is 5.75. The lowest BCUT2D eigenvalue weighted by Crippen LogP contribution is -2.49. The molecular formula is C17H23NO4. The number of carbonyl (C=O) groups is 2. The Hall–Kier alpha value is -2.04. The van der Waals surface area contributed by atoms with E-state index in [9.17, 15) is 9.59 Å². The predicted molar refractivity (Wildman–Crippen MR) is 83.5 cm³/mol. The van der Waals surface area contributed by atoms with Crippen LogP contribution in [0.3, 0.4) is 0 Å². The highest BCUT2D eigenvalue weighted by Gasteiger charge is 2.29. The van der Waals surface area contributed by atoms with Crippen molar-refractivity contribution in [3.05, 3.63) is 23.8 Å². The number of aldehydes is 1. The minimum absolute atomic E-state index is 0.0128. The summed E-state index contributed by atoms with van der Waals surface area (Å²) in [7, 11) is 1.51. The summed E-state index contributed by atoms with van der Waals surface area (Å²) in [4.78, 5) is 25.1. The molecule has 0 N–H and O–H groups in total. The molecule has 1 aliphatic heterocycles.